The van der Waals surface area contributed by atoms with E-state index >= 15 is 0 Å². The molecular weight excluding hydrogens is 180 g/mol. The first kappa shape index (κ1) is 9.55. The molecule has 3 atom stereocenters. The average molecular weight is 194 g/mol. The first-order valence-electron chi connectivity index (χ1n) is 3.75. The van der Waals surface area contributed by atoms with Gasteiger partial charge < -0.3 is 5.11 Å². The summed E-state index contributed by atoms with van der Waals surface area (Å²) in [5.74, 6) is 0.756. The van der Waals surface area contributed by atoms with Crippen molar-refractivity contribution in [1.82, 2.24) is 0 Å². The lowest BCUT2D eigenvalue weighted by Crippen LogP contribution is -2.37. The first-order chi connectivity index (χ1) is 5.13. The number of hydrogen-bond donors (Lipinski definition) is 1. The fourth-order valence-electron chi connectivity index (χ4n) is 1.50. The molecule has 1 aliphatic heterocycles. The van der Waals surface area contributed by atoms with Gasteiger partial charge in [0, 0.05) is 16.6 Å². The SMILES string of the molecule is CS[C@@]1(C(C)O)CCCS1=O. The van der Waals surface area contributed by atoms with Crippen LogP contribution < -0.4 is 0 Å². The molecule has 4 heteroatoms. The Kier molecular flexibility index (Phi) is 3.00. The Balaban J connectivity index is 2.82. The highest BCUT2D eigenvalue weighted by atomic mass is 32.2. The van der Waals surface area contributed by atoms with Crippen molar-refractivity contribution in [2.75, 3.05) is 12.0 Å². The van der Waals surface area contributed by atoms with E-state index in [-0.39, 0.29) is 4.08 Å². The van der Waals surface area contributed by atoms with E-state index in [9.17, 15) is 9.32 Å². The minimum atomic E-state index is -0.836. The van der Waals surface area contributed by atoms with E-state index in [1.54, 1.807) is 18.7 Å². The number of rotatable bonds is 2. The van der Waals surface area contributed by atoms with Crippen molar-refractivity contribution in [2.24, 2.45) is 0 Å². The van der Waals surface area contributed by atoms with Crippen LogP contribution in [0.3, 0.4) is 0 Å². The lowest BCUT2D eigenvalue weighted by molar-refractivity contribution is 0.177. The lowest BCUT2D eigenvalue weighted by atomic mass is 10.2. The summed E-state index contributed by atoms with van der Waals surface area (Å²) in [6, 6.07) is 0. The second-order valence-corrected chi connectivity index (χ2v) is 6.07. The van der Waals surface area contributed by atoms with Crippen molar-refractivity contribution in [3.8, 4) is 0 Å². The van der Waals surface area contributed by atoms with Crippen LogP contribution in [0.15, 0.2) is 0 Å². The molecule has 1 fully saturated rings. The molecule has 0 aromatic heterocycles. The largest absolute Gasteiger partial charge is 0.391 e. The molecule has 2 nitrogen and oxygen atoms in total. The van der Waals surface area contributed by atoms with Crippen LogP contribution in [0.4, 0.5) is 0 Å². The molecule has 1 aliphatic rings. The van der Waals surface area contributed by atoms with Gasteiger partial charge in [-0.1, -0.05) is 0 Å². The molecule has 0 spiro atoms. The lowest BCUT2D eigenvalue weighted by Gasteiger charge is -2.28. The summed E-state index contributed by atoms with van der Waals surface area (Å²) in [4.78, 5) is 0. The van der Waals surface area contributed by atoms with Gasteiger partial charge in [-0.2, -0.15) is 0 Å². The fraction of sp³-hybridized carbons (Fsp3) is 1.00. The summed E-state index contributed by atoms with van der Waals surface area (Å²) in [6.07, 6.45) is 3.34. The van der Waals surface area contributed by atoms with E-state index < -0.39 is 16.9 Å². The molecule has 0 aromatic carbocycles. The Morgan fingerprint density at radius 1 is 1.73 bits per heavy atom. The van der Waals surface area contributed by atoms with Crippen molar-refractivity contribution in [2.45, 2.75) is 29.9 Å². The van der Waals surface area contributed by atoms with E-state index in [1.807, 2.05) is 6.26 Å². The van der Waals surface area contributed by atoms with Crippen LogP contribution in [0.25, 0.3) is 0 Å². The zero-order valence-corrected chi connectivity index (χ0v) is 8.50. The second kappa shape index (κ2) is 3.46. The molecule has 0 bridgehead atoms. The number of aliphatic hydroxyl groups is 1. The molecule has 0 aromatic rings. The molecule has 1 rings (SSSR count). The minimum absolute atomic E-state index is 0.361. The van der Waals surface area contributed by atoms with Crippen LogP contribution in [0.2, 0.25) is 0 Å². The summed E-state index contributed by atoms with van der Waals surface area (Å²) >= 11 is 1.55. The monoisotopic (exact) mass is 194 g/mol. The van der Waals surface area contributed by atoms with Crippen LogP contribution >= 0.6 is 11.8 Å². The molecule has 1 N–H and O–H groups in total. The van der Waals surface area contributed by atoms with Crippen LogP contribution in [-0.2, 0) is 10.8 Å². The Morgan fingerprint density at radius 3 is 2.55 bits per heavy atom. The van der Waals surface area contributed by atoms with E-state index in [1.165, 1.54) is 0 Å². The maximum absolute atomic E-state index is 11.5. The molecule has 0 aliphatic carbocycles. The normalized spacial score (nSPS) is 40.8. The van der Waals surface area contributed by atoms with Gasteiger partial charge in [-0.3, -0.25) is 4.21 Å². The van der Waals surface area contributed by atoms with E-state index in [4.69, 9.17) is 0 Å². The fourth-order valence-corrected chi connectivity index (χ4v) is 4.69. The van der Waals surface area contributed by atoms with Crippen LogP contribution in [0.1, 0.15) is 19.8 Å². The molecule has 2 unspecified atom stereocenters. The quantitative estimate of drug-likeness (QED) is 0.711. The van der Waals surface area contributed by atoms with Gasteiger partial charge in [0.05, 0.1) is 6.10 Å². The van der Waals surface area contributed by atoms with Gasteiger partial charge in [-0.15, -0.1) is 11.8 Å². The van der Waals surface area contributed by atoms with Crippen molar-refractivity contribution in [3.63, 3.8) is 0 Å². The van der Waals surface area contributed by atoms with Crippen LogP contribution in [0, 0.1) is 0 Å². The number of thioether (sulfide) groups is 1. The van der Waals surface area contributed by atoms with Crippen molar-refractivity contribution < 1.29 is 9.32 Å². The first-order valence-corrected chi connectivity index (χ1v) is 6.29. The minimum Gasteiger partial charge on any atom is -0.391 e. The van der Waals surface area contributed by atoms with Crippen molar-refractivity contribution >= 4 is 22.6 Å². The number of hydrogen-bond acceptors (Lipinski definition) is 3. The zero-order chi connectivity index (χ0) is 8.48. The molecule has 66 valence electrons. The Hall–Kier alpha value is 0.460. The van der Waals surface area contributed by atoms with Gasteiger partial charge in [0.2, 0.25) is 0 Å². The number of aliphatic hydroxyl groups excluding tert-OH is 1. The smallest absolute Gasteiger partial charge is 0.116 e. The highest BCUT2D eigenvalue weighted by molar-refractivity contribution is 8.12. The topological polar surface area (TPSA) is 37.3 Å². The third kappa shape index (κ3) is 1.48. The van der Waals surface area contributed by atoms with E-state index in [0.29, 0.717) is 0 Å². The zero-order valence-electron chi connectivity index (χ0n) is 6.87. The van der Waals surface area contributed by atoms with Crippen LogP contribution in [0.5, 0.6) is 0 Å². The molecular formula is C7H14O2S2. The Labute approximate surface area is 74.2 Å². The standard InChI is InChI=1S/C7H14O2S2/c1-6(8)7(10-2)4-3-5-11(7)9/h6,8H,3-5H2,1-2H3/t6?,7-,11?/m0/s1. The average Bonchev–Trinajstić information content (AvgIpc) is 2.32. The van der Waals surface area contributed by atoms with Gasteiger partial charge in [-0.25, -0.2) is 0 Å². The Bertz CT molecular complexity index is 170. The van der Waals surface area contributed by atoms with Crippen molar-refractivity contribution in [3.05, 3.63) is 0 Å². The third-order valence-electron chi connectivity index (χ3n) is 2.22. The molecule has 1 heterocycles. The van der Waals surface area contributed by atoms with Gasteiger partial charge in [0.1, 0.15) is 4.08 Å². The third-order valence-corrected chi connectivity index (χ3v) is 6.49. The predicted octanol–water partition coefficient (Wildman–Crippen LogP) is 0.969. The Morgan fingerprint density at radius 2 is 2.36 bits per heavy atom. The molecule has 0 saturated carbocycles. The van der Waals surface area contributed by atoms with Gasteiger partial charge >= 0.3 is 0 Å². The molecule has 0 radical (unpaired) electrons. The molecule has 0 amide bonds. The van der Waals surface area contributed by atoms with Gasteiger partial charge in [0.25, 0.3) is 0 Å². The van der Waals surface area contributed by atoms with E-state index in [0.717, 1.165) is 18.6 Å². The summed E-state index contributed by atoms with van der Waals surface area (Å²) in [5.41, 5.74) is 0. The van der Waals surface area contributed by atoms with Gasteiger partial charge in [-0.05, 0) is 26.0 Å². The maximum Gasteiger partial charge on any atom is 0.116 e. The molecule has 1 saturated heterocycles. The summed E-state index contributed by atoms with van der Waals surface area (Å²) in [5, 5.41) is 9.46. The van der Waals surface area contributed by atoms with Crippen molar-refractivity contribution in [1.29, 1.82) is 0 Å². The predicted molar refractivity (Wildman–Crippen MR) is 50.2 cm³/mol. The highest BCUT2D eigenvalue weighted by Crippen LogP contribution is 2.40. The second-order valence-electron chi connectivity index (χ2n) is 2.85. The van der Waals surface area contributed by atoms with E-state index in [2.05, 4.69) is 0 Å². The summed E-state index contributed by atoms with van der Waals surface area (Å²) in [6.45, 7) is 1.74. The summed E-state index contributed by atoms with van der Waals surface area (Å²) in [7, 11) is -0.836. The van der Waals surface area contributed by atoms with Crippen LogP contribution in [-0.4, -0.2) is 31.5 Å². The highest BCUT2D eigenvalue weighted by Gasteiger charge is 2.44. The molecule has 11 heavy (non-hydrogen) atoms. The maximum atomic E-state index is 11.5. The summed E-state index contributed by atoms with van der Waals surface area (Å²) < 4.78 is 11.1. The van der Waals surface area contributed by atoms with Gasteiger partial charge in [0.15, 0.2) is 0 Å².